The van der Waals surface area contributed by atoms with E-state index >= 15 is 0 Å². The molecule has 2 aromatic rings. The Morgan fingerprint density at radius 2 is 2.11 bits per heavy atom. The third-order valence-electron chi connectivity index (χ3n) is 4.32. The van der Waals surface area contributed by atoms with Gasteiger partial charge in [0.1, 0.15) is 6.10 Å². The van der Waals surface area contributed by atoms with Crippen molar-refractivity contribution in [2.24, 2.45) is 0 Å². The fourth-order valence-electron chi connectivity index (χ4n) is 3.02. The number of hydrogen-bond donors (Lipinski definition) is 0. The minimum absolute atomic E-state index is 0.234. The van der Waals surface area contributed by atoms with E-state index in [2.05, 4.69) is 20.3 Å². The summed E-state index contributed by atoms with van der Waals surface area (Å²) in [6, 6.07) is 3.64. The van der Waals surface area contributed by atoms with Gasteiger partial charge in [-0.3, -0.25) is 4.90 Å². The SMILES string of the molecule is COCCn1nnc(C2CN(Cc3cc(Cl)cc(OC)c3OC)CCO2)n1. The molecule has 3 rings (SSSR count). The van der Waals surface area contributed by atoms with Crippen molar-refractivity contribution in [1.82, 2.24) is 25.1 Å². The highest BCUT2D eigenvalue weighted by molar-refractivity contribution is 6.30. The molecule has 1 aliphatic heterocycles. The van der Waals surface area contributed by atoms with Crippen molar-refractivity contribution in [2.45, 2.75) is 19.2 Å². The lowest BCUT2D eigenvalue weighted by Crippen LogP contribution is -2.38. The predicted octanol–water partition coefficient (Wildman–Crippen LogP) is 1.56. The Bertz CT molecular complexity index is 757. The molecule has 1 unspecified atom stereocenters. The van der Waals surface area contributed by atoms with Crippen LogP contribution in [0.4, 0.5) is 0 Å². The van der Waals surface area contributed by atoms with Crippen LogP contribution in [-0.2, 0) is 22.6 Å². The van der Waals surface area contributed by atoms with E-state index in [4.69, 9.17) is 30.5 Å². The number of ether oxygens (including phenoxy) is 4. The van der Waals surface area contributed by atoms with Crippen molar-refractivity contribution in [3.8, 4) is 11.5 Å². The molecule has 0 amide bonds. The quantitative estimate of drug-likeness (QED) is 0.663. The van der Waals surface area contributed by atoms with Crippen LogP contribution in [0, 0.1) is 0 Å². The molecule has 27 heavy (non-hydrogen) atoms. The van der Waals surface area contributed by atoms with Crippen LogP contribution in [-0.4, -0.2) is 72.7 Å². The second-order valence-electron chi connectivity index (χ2n) is 6.13. The lowest BCUT2D eigenvalue weighted by molar-refractivity contribution is -0.0375. The van der Waals surface area contributed by atoms with E-state index in [1.54, 1.807) is 27.4 Å². The summed E-state index contributed by atoms with van der Waals surface area (Å²) in [7, 11) is 4.86. The monoisotopic (exact) mass is 397 g/mol. The van der Waals surface area contributed by atoms with Gasteiger partial charge in [0.15, 0.2) is 11.5 Å². The summed E-state index contributed by atoms with van der Waals surface area (Å²) in [6.45, 7) is 3.75. The van der Waals surface area contributed by atoms with Crippen molar-refractivity contribution < 1.29 is 18.9 Å². The molecule has 0 spiro atoms. The van der Waals surface area contributed by atoms with Gasteiger partial charge in [-0.2, -0.15) is 4.80 Å². The van der Waals surface area contributed by atoms with Crippen LogP contribution in [0.5, 0.6) is 11.5 Å². The smallest absolute Gasteiger partial charge is 0.204 e. The van der Waals surface area contributed by atoms with E-state index in [9.17, 15) is 0 Å². The summed E-state index contributed by atoms with van der Waals surface area (Å²) in [6.07, 6.45) is -0.234. The molecule has 148 valence electrons. The van der Waals surface area contributed by atoms with Gasteiger partial charge in [0, 0.05) is 43.4 Å². The van der Waals surface area contributed by atoms with Crippen LogP contribution in [0.15, 0.2) is 12.1 Å². The molecule has 0 saturated carbocycles. The highest BCUT2D eigenvalue weighted by atomic mass is 35.5. The zero-order chi connectivity index (χ0) is 19.2. The normalized spacial score (nSPS) is 17.9. The van der Waals surface area contributed by atoms with E-state index in [0.717, 1.165) is 12.1 Å². The number of nitrogens with zero attached hydrogens (tertiary/aromatic N) is 5. The topological polar surface area (TPSA) is 83.8 Å². The molecule has 10 heteroatoms. The molecule has 1 atom stereocenters. The molecule has 1 aromatic heterocycles. The molecule has 1 saturated heterocycles. The first-order valence-electron chi connectivity index (χ1n) is 8.65. The number of benzene rings is 1. The Balaban J connectivity index is 1.70. The zero-order valence-corrected chi connectivity index (χ0v) is 16.5. The second kappa shape index (κ2) is 9.32. The van der Waals surface area contributed by atoms with Crippen molar-refractivity contribution in [3.63, 3.8) is 0 Å². The summed E-state index contributed by atoms with van der Waals surface area (Å²) in [4.78, 5) is 3.77. The van der Waals surface area contributed by atoms with Gasteiger partial charge in [0.2, 0.25) is 5.82 Å². The largest absolute Gasteiger partial charge is 0.493 e. The predicted molar refractivity (Wildman–Crippen MR) is 98.2 cm³/mol. The third kappa shape index (κ3) is 4.86. The molecular formula is C17H24ClN5O4. The van der Waals surface area contributed by atoms with Crippen molar-refractivity contribution >= 4 is 11.6 Å². The van der Waals surface area contributed by atoms with E-state index in [-0.39, 0.29) is 6.10 Å². The molecule has 1 aliphatic rings. The fraction of sp³-hybridized carbons (Fsp3) is 0.588. The van der Waals surface area contributed by atoms with Gasteiger partial charge in [-0.05, 0) is 11.3 Å². The molecule has 0 aliphatic carbocycles. The maximum Gasteiger partial charge on any atom is 0.204 e. The zero-order valence-electron chi connectivity index (χ0n) is 15.7. The number of halogens is 1. The molecule has 1 fully saturated rings. The van der Waals surface area contributed by atoms with E-state index in [0.29, 0.717) is 55.2 Å². The second-order valence-corrected chi connectivity index (χ2v) is 6.57. The molecule has 0 N–H and O–H groups in total. The number of aromatic nitrogens is 4. The first kappa shape index (κ1) is 19.8. The van der Waals surface area contributed by atoms with Gasteiger partial charge in [0.25, 0.3) is 0 Å². The van der Waals surface area contributed by atoms with E-state index in [1.165, 1.54) is 4.80 Å². The van der Waals surface area contributed by atoms with Crippen LogP contribution in [0.2, 0.25) is 5.02 Å². The maximum atomic E-state index is 6.22. The van der Waals surface area contributed by atoms with Gasteiger partial charge in [0.05, 0.1) is 34.0 Å². The summed E-state index contributed by atoms with van der Waals surface area (Å²) in [5.41, 5.74) is 0.958. The fourth-order valence-corrected chi connectivity index (χ4v) is 3.25. The first-order chi connectivity index (χ1) is 13.1. The first-order valence-corrected chi connectivity index (χ1v) is 9.03. The summed E-state index contributed by atoms with van der Waals surface area (Å²) in [5.74, 6) is 1.88. The lowest BCUT2D eigenvalue weighted by atomic mass is 10.1. The Kier molecular flexibility index (Phi) is 6.84. The average Bonchev–Trinajstić information content (AvgIpc) is 3.15. The summed E-state index contributed by atoms with van der Waals surface area (Å²) < 4.78 is 21.8. The van der Waals surface area contributed by atoms with Crippen LogP contribution in [0.25, 0.3) is 0 Å². The maximum absolute atomic E-state index is 6.22. The lowest BCUT2D eigenvalue weighted by Gasteiger charge is -2.31. The highest BCUT2D eigenvalue weighted by Crippen LogP contribution is 2.35. The molecule has 2 heterocycles. The Hall–Kier alpha value is -1.94. The van der Waals surface area contributed by atoms with Crippen molar-refractivity contribution in [1.29, 1.82) is 0 Å². The Morgan fingerprint density at radius 3 is 2.85 bits per heavy atom. The Labute approximate surface area is 163 Å². The van der Waals surface area contributed by atoms with Gasteiger partial charge < -0.3 is 18.9 Å². The minimum Gasteiger partial charge on any atom is -0.493 e. The van der Waals surface area contributed by atoms with Crippen LogP contribution in [0.3, 0.4) is 0 Å². The highest BCUT2D eigenvalue weighted by Gasteiger charge is 2.27. The Morgan fingerprint density at radius 1 is 1.26 bits per heavy atom. The molecule has 0 bridgehead atoms. The molecule has 9 nitrogen and oxygen atoms in total. The number of rotatable bonds is 8. The van der Waals surface area contributed by atoms with E-state index in [1.807, 2.05) is 6.07 Å². The number of hydrogen-bond acceptors (Lipinski definition) is 8. The van der Waals surface area contributed by atoms with Crippen LogP contribution in [0.1, 0.15) is 17.5 Å². The van der Waals surface area contributed by atoms with Crippen molar-refractivity contribution in [3.05, 3.63) is 28.5 Å². The number of tetrazole rings is 1. The van der Waals surface area contributed by atoms with Gasteiger partial charge in [-0.15, -0.1) is 10.2 Å². The van der Waals surface area contributed by atoms with Gasteiger partial charge in [-0.1, -0.05) is 11.6 Å². The number of methoxy groups -OCH3 is 3. The van der Waals surface area contributed by atoms with Gasteiger partial charge >= 0.3 is 0 Å². The third-order valence-corrected chi connectivity index (χ3v) is 4.54. The van der Waals surface area contributed by atoms with E-state index < -0.39 is 0 Å². The van der Waals surface area contributed by atoms with Crippen LogP contribution >= 0.6 is 11.6 Å². The summed E-state index contributed by atoms with van der Waals surface area (Å²) in [5, 5.41) is 13.2. The van der Waals surface area contributed by atoms with Crippen LogP contribution < -0.4 is 9.47 Å². The number of morpholine rings is 1. The minimum atomic E-state index is -0.234. The standard InChI is InChI=1S/C17H24ClN5O4/c1-24-6-5-23-20-17(19-21-23)15-11-22(4-7-27-15)10-12-8-13(18)9-14(25-2)16(12)26-3/h8-9,15H,4-7,10-11H2,1-3H3. The molecule has 0 radical (unpaired) electrons. The molecule has 1 aromatic carbocycles. The molecular weight excluding hydrogens is 374 g/mol. The average molecular weight is 398 g/mol. The summed E-state index contributed by atoms with van der Waals surface area (Å²) >= 11 is 6.22. The van der Waals surface area contributed by atoms with Gasteiger partial charge in [-0.25, -0.2) is 0 Å². The van der Waals surface area contributed by atoms with Crippen molar-refractivity contribution in [2.75, 3.05) is 47.6 Å².